The van der Waals surface area contributed by atoms with Crippen LogP contribution in [0.5, 0.6) is 0 Å². The molecule has 1 N–H and O–H groups in total. The van der Waals surface area contributed by atoms with E-state index >= 15 is 0 Å². The molecule has 2 atom stereocenters. The van der Waals surface area contributed by atoms with Crippen molar-refractivity contribution in [3.8, 4) is 0 Å². The van der Waals surface area contributed by atoms with E-state index in [1.165, 1.54) is 19.3 Å². The summed E-state index contributed by atoms with van der Waals surface area (Å²) < 4.78 is 1.56. The normalized spacial score (nSPS) is 23.3. The van der Waals surface area contributed by atoms with Gasteiger partial charge >= 0.3 is 5.69 Å². The number of hydrogen-bond acceptors (Lipinski definition) is 4. The summed E-state index contributed by atoms with van der Waals surface area (Å²) in [5, 5.41) is 18.3. The van der Waals surface area contributed by atoms with Crippen LogP contribution in [-0.2, 0) is 7.05 Å². The van der Waals surface area contributed by atoms with Crippen molar-refractivity contribution in [2.75, 3.05) is 11.9 Å². The number of aromatic nitrogens is 2. The van der Waals surface area contributed by atoms with Crippen molar-refractivity contribution in [2.45, 2.75) is 33.1 Å². The molecular weight excluding hydrogens is 232 g/mol. The van der Waals surface area contributed by atoms with Gasteiger partial charge in [0.2, 0.25) is 5.82 Å². The zero-order valence-electron chi connectivity index (χ0n) is 11.1. The van der Waals surface area contributed by atoms with Crippen molar-refractivity contribution < 1.29 is 4.92 Å². The Morgan fingerprint density at radius 2 is 2.28 bits per heavy atom. The highest BCUT2D eigenvalue weighted by Crippen LogP contribution is 2.32. The predicted octanol–water partition coefficient (Wildman–Crippen LogP) is 2.48. The number of aryl methyl sites for hydroxylation is 2. The van der Waals surface area contributed by atoms with Crippen LogP contribution in [0.4, 0.5) is 11.5 Å². The van der Waals surface area contributed by atoms with E-state index < -0.39 is 0 Å². The molecule has 1 heterocycles. The summed E-state index contributed by atoms with van der Waals surface area (Å²) in [6.45, 7) is 4.72. The molecule has 0 radical (unpaired) electrons. The minimum Gasteiger partial charge on any atom is -0.364 e. The van der Waals surface area contributed by atoms with Gasteiger partial charge in [0.25, 0.3) is 0 Å². The number of nitrogens with zero attached hydrogens (tertiary/aromatic N) is 3. The van der Waals surface area contributed by atoms with Gasteiger partial charge in [0, 0.05) is 13.6 Å². The Kier molecular flexibility index (Phi) is 3.54. The Hall–Kier alpha value is -1.59. The first kappa shape index (κ1) is 12.9. The Bertz CT molecular complexity index is 455. The van der Waals surface area contributed by atoms with E-state index in [0.717, 1.165) is 12.5 Å². The number of hydrogen-bond donors (Lipinski definition) is 1. The molecule has 1 fully saturated rings. The smallest absolute Gasteiger partial charge is 0.333 e. The second kappa shape index (κ2) is 4.96. The summed E-state index contributed by atoms with van der Waals surface area (Å²) >= 11 is 0. The Morgan fingerprint density at radius 1 is 1.56 bits per heavy atom. The molecule has 2 unspecified atom stereocenters. The number of rotatable bonds is 4. The molecule has 0 bridgehead atoms. The lowest BCUT2D eigenvalue weighted by Crippen LogP contribution is -2.14. The Balaban J connectivity index is 2.07. The molecule has 0 amide bonds. The first-order valence-electron chi connectivity index (χ1n) is 6.41. The fourth-order valence-electron chi connectivity index (χ4n) is 2.82. The van der Waals surface area contributed by atoms with E-state index in [2.05, 4.69) is 17.3 Å². The van der Waals surface area contributed by atoms with Gasteiger partial charge in [-0.2, -0.15) is 5.10 Å². The fraction of sp³-hybridized carbons (Fsp3) is 0.750. The fourth-order valence-corrected chi connectivity index (χ4v) is 2.82. The third-order valence-electron chi connectivity index (χ3n) is 3.73. The molecule has 100 valence electrons. The third-order valence-corrected chi connectivity index (χ3v) is 3.73. The Labute approximate surface area is 107 Å². The maximum Gasteiger partial charge on any atom is 0.333 e. The molecule has 2 rings (SSSR count). The molecule has 1 aromatic heterocycles. The van der Waals surface area contributed by atoms with E-state index in [4.69, 9.17) is 0 Å². The van der Waals surface area contributed by atoms with Crippen LogP contribution in [-0.4, -0.2) is 21.2 Å². The summed E-state index contributed by atoms with van der Waals surface area (Å²) in [4.78, 5) is 10.7. The van der Waals surface area contributed by atoms with Gasteiger partial charge in [-0.15, -0.1) is 0 Å². The van der Waals surface area contributed by atoms with Gasteiger partial charge in [0.05, 0.1) is 4.92 Å². The molecule has 1 aliphatic rings. The summed E-state index contributed by atoms with van der Waals surface area (Å²) in [6.07, 6.45) is 3.68. The molecule has 0 aromatic carbocycles. The average molecular weight is 252 g/mol. The lowest BCUT2D eigenvalue weighted by atomic mass is 10.1. The number of nitrogens with one attached hydrogen (secondary N) is 1. The SMILES string of the molecule is Cc1nn(C)c(NCC2CCC(C)C2)c1[N+](=O)[O-]. The molecule has 0 saturated heterocycles. The topological polar surface area (TPSA) is 73.0 Å². The first-order chi connectivity index (χ1) is 8.49. The quantitative estimate of drug-likeness (QED) is 0.660. The second-order valence-corrected chi connectivity index (χ2v) is 5.33. The van der Waals surface area contributed by atoms with Crippen molar-refractivity contribution >= 4 is 11.5 Å². The van der Waals surface area contributed by atoms with Crippen molar-refractivity contribution in [1.82, 2.24) is 9.78 Å². The van der Waals surface area contributed by atoms with Gasteiger partial charge in [-0.1, -0.05) is 13.3 Å². The molecule has 0 aliphatic heterocycles. The molecular formula is C12H20N4O2. The highest BCUT2D eigenvalue weighted by atomic mass is 16.6. The van der Waals surface area contributed by atoms with Crippen LogP contribution < -0.4 is 5.32 Å². The minimum atomic E-state index is -0.359. The second-order valence-electron chi connectivity index (χ2n) is 5.33. The monoisotopic (exact) mass is 252 g/mol. The summed E-state index contributed by atoms with van der Waals surface area (Å²) in [6, 6.07) is 0. The third kappa shape index (κ3) is 2.47. The van der Waals surface area contributed by atoms with Crippen LogP contribution >= 0.6 is 0 Å². The molecule has 1 aromatic rings. The molecule has 1 saturated carbocycles. The van der Waals surface area contributed by atoms with Crippen molar-refractivity contribution in [3.05, 3.63) is 15.8 Å². The molecule has 1 aliphatic carbocycles. The minimum absolute atomic E-state index is 0.101. The van der Waals surface area contributed by atoms with Crippen LogP contribution in [0.3, 0.4) is 0 Å². The van der Waals surface area contributed by atoms with Gasteiger partial charge in [0.1, 0.15) is 5.69 Å². The highest BCUT2D eigenvalue weighted by Gasteiger charge is 2.26. The van der Waals surface area contributed by atoms with E-state index in [-0.39, 0.29) is 10.6 Å². The number of anilines is 1. The summed E-state index contributed by atoms with van der Waals surface area (Å²) in [7, 11) is 1.74. The van der Waals surface area contributed by atoms with Crippen molar-refractivity contribution in [2.24, 2.45) is 18.9 Å². The van der Waals surface area contributed by atoms with Crippen molar-refractivity contribution in [3.63, 3.8) is 0 Å². The van der Waals surface area contributed by atoms with Crippen molar-refractivity contribution in [1.29, 1.82) is 0 Å². The zero-order chi connectivity index (χ0) is 13.3. The standard InChI is InChI=1S/C12H20N4O2/c1-8-4-5-10(6-8)7-13-12-11(16(17)18)9(2)14-15(12)3/h8,10,13H,4-7H2,1-3H3. The maximum atomic E-state index is 11.0. The summed E-state index contributed by atoms with van der Waals surface area (Å²) in [5.41, 5.74) is 0.563. The van der Waals surface area contributed by atoms with Gasteiger partial charge in [-0.05, 0) is 31.6 Å². The first-order valence-corrected chi connectivity index (χ1v) is 6.41. The van der Waals surface area contributed by atoms with Crippen LogP contribution in [0, 0.1) is 28.9 Å². The van der Waals surface area contributed by atoms with Crippen LogP contribution in [0.2, 0.25) is 0 Å². The van der Waals surface area contributed by atoms with E-state index in [1.54, 1.807) is 18.7 Å². The van der Waals surface area contributed by atoms with Gasteiger partial charge < -0.3 is 5.32 Å². The van der Waals surface area contributed by atoms with Gasteiger partial charge in [-0.25, -0.2) is 4.68 Å². The van der Waals surface area contributed by atoms with Crippen LogP contribution in [0.15, 0.2) is 0 Å². The van der Waals surface area contributed by atoms with E-state index in [0.29, 0.717) is 17.4 Å². The Morgan fingerprint density at radius 3 is 2.83 bits per heavy atom. The molecule has 6 heteroatoms. The maximum absolute atomic E-state index is 11.0. The average Bonchev–Trinajstić information content (AvgIpc) is 2.79. The molecule has 18 heavy (non-hydrogen) atoms. The zero-order valence-corrected chi connectivity index (χ0v) is 11.1. The lowest BCUT2D eigenvalue weighted by molar-refractivity contribution is -0.384. The highest BCUT2D eigenvalue weighted by molar-refractivity contribution is 5.59. The number of nitro groups is 1. The van der Waals surface area contributed by atoms with Crippen LogP contribution in [0.1, 0.15) is 31.9 Å². The van der Waals surface area contributed by atoms with E-state index in [9.17, 15) is 10.1 Å². The predicted molar refractivity (Wildman–Crippen MR) is 69.6 cm³/mol. The van der Waals surface area contributed by atoms with Gasteiger partial charge in [0.15, 0.2) is 0 Å². The summed E-state index contributed by atoms with van der Waals surface area (Å²) in [5.74, 6) is 1.92. The van der Waals surface area contributed by atoms with Gasteiger partial charge in [-0.3, -0.25) is 10.1 Å². The molecule has 6 nitrogen and oxygen atoms in total. The van der Waals surface area contributed by atoms with E-state index in [1.807, 2.05) is 0 Å². The largest absolute Gasteiger partial charge is 0.364 e. The van der Waals surface area contributed by atoms with Crippen LogP contribution in [0.25, 0.3) is 0 Å². The lowest BCUT2D eigenvalue weighted by Gasteiger charge is -2.11. The molecule has 0 spiro atoms.